The monoisotopic (exact) mass is 130 g/mol. The van der Waals surface area contributed by atoms with Crippen molar-refractivity contribution in [3.63, 3.8) is 0 Å². The number of rotatable bonds is 1. The molecule has 1 atom stereocenters. The van der Waals surface area contributed by atoms with E-state index in [1.165, 1.54) is 0 Å². The van der Waals surface area contributed by atoms with Crippen molar-refractivity contribution in [1.82, 2.24) is 0 Å². The topological polar surface area (TPSA) is 9.23 Å². The van der Waals surface area contributed by atoms with Gasteiger partial charge in [-0.25, -0.2) is 0 Å². The predicted molar refractivity (Wildman–Crippen MR) is 36.9 cm³/mol. The van der Waals surface area contributed by atoms with Gasteiger partial charge in [-0.15, -0.1) is 12.6 Å². The Bertz CT molecular complexity index is 109. The van der Waals surface area contributed by atoms with Crippen LogP contribution in [-0.2, 0) is 4.74 Å². The number of hydrogen-bond donors (Lipinski definition) is 1. The van der Waals surface area contributed by atoms with Gasteiger partial charge >= 0.3 is 0 Å². The minimum absolute atomic E-state index is 0.405. The molecular weight excluding hydrogens is 120 g/mol. The second-order valence-electron chi connectivity index (χ2n) is 1.98. The zero-order chi connectivity index (χ0) is 5.98. The second-order valence-corrected chi connectivity index (χ2v) is 2.55. The van der Waals surface area contributed by atoms with E-state index in [2.05, 4.69) is 19.6 Å². The Morgan fingerprint density at radius 1 is 2.00 bits per heavy atom. The van der Waals surface area contributed by atoms with E-state index >= 15 is 0 Å². The first-order chi connectivity index (χ1) is 3.83. The Morgan fingerprint density at radius 3 is 3.00 bits per heavy atom. The number of ether oxygens (including phenoxy) is 1. The summed E-state index contributed by atoms with van der Waals surface area (Å²) in [5.41, 5.74) is 0. The smallest absolute Gasteiger partial charge is 0.102 e. The number of hydrogen-bond acceptors (Lipinski definition) is 2. The summed E-state index contributed by atoms with van der Waals surface area (Å²) >= 11 is 4.14. The molecule has 1 aliphatic rings. The first-order valence-corrected chi connectivity index (χ1v) is 3.31. The van der Waals surface area contributed by atoms with Crippen molar-refractivity contribution < 1.29 is 4.74 Å². The molecule has 0 aromatic rings. The molecule has 1 unspecified atom stereocenters. The van der Waals surface area contributed by atoms with Gasteiger partial charge in [0.1, 0.15) is 6.10 Å². The summed E-state index contributed by atoms with van der Waals surface area (Å²) in [5, 5.41) is 0. The minimum Gasteiger partial charge on any atom is -0.497 e. The van der Waals surface area contributed by atoms with Gasteiger partial charge in [-0.2, -0.15) is 0 Å². The van der Waals surface area contributed by atoms with Crippen LogP contribution in [0.15, 0.2) is 11.2 Å². The summed E-state index contributed by atoms with van der Waals surface area (Å²) in [6.07, 6.45) is 4.22. The van der Waals surface area contributed by atoms with Gasteiger partial charge in [-0.1, -0.05) is 6.92 Å². The third-order valence-corrected chi connectivity index (χ3v) is 1.58. The molecule has 0 saturated carbocycles. The summed E-state index contributed by atoms with van der Waals surface area (Å²) < 4.78 is 5.18. The van der Waals surface area contributed by atoms with Crippen LogP contribution in [0.25, 0.3) is 0 Å². The third kappa shape index (κ3) is 1.19. The Kier molecular flexibility index (Phi) is 1.84. The highest BCUT2D eigenvalue weighted by Crippen LogP contribution is 2.21. The molecule has 1 rings (SSSR count). The van der Waals surface area contributed by atoms with Crippen molar-refractivity contribution in [2.45, 2.75) is 25.9 Å². The molecule has 2 heteroatoms. The van der Waals surface area contributed by atoms with E-state index in [1.807, 2.05) is 0 Å². The van der Waals surface area contributed by atoms with Crippen molar-refractivity contribution in [2.24, 2.45) is 0 Å². The average Bonchev–Trinajstić information content (AvgIpc) is 2.14. The zero-order valence-electron chi connectivity index (χ0n) is 4.92. The van der Waals surface area contributed by atoms with Crippen LogP contribution >= 0.6 is 12.6 Å². The SMILES string of the molecule is CCC1CC(S)=CO1. The van der Waals surface area contributed by atoms with Gasteiger partial charge in [-0.3, -0.25) is 0 Å². The lowest BCUT2D eigenvalue weighted by molar-refractivity contribution is 0.166. The van der Waals surface area contributed by atoms with Crippen LogP contribution < -0.4 is 0 Å². The molecule has 0 spiro atoms. The van der Waals surface area contributed by atoms with Crippen molar-refractivity contribution >= 4 is 12.6 Å². The Balaban J connectivity index is 2.32. The third-order valence-electron chi connectivity index (χ3n) is 1.29. The average molecular weight is 130 g/mol. The number of thiol groups is 1. The molecule has 0 radical (unpaired) electrons. The fraction of sp³-hybridized carbons (Fsp3) is 0.667. The summed E-state index contributed by atoms with van der Waals surface area (Å²) in [7, 11) is 0. The molecular formula is C6H10OS. The van der Waals surface area contributed by atoms with E-state index in [-0.39, 0.29) is 0 Å². The molecule has 0 aromatic heterocycles. The second kappa shape index (κ2) is 2.44. The normalized spacial score (nSPS) is 27.2. The largest absolute Gasteiger partial charge is 0.497 e. The van der Waals surface area contributed by atoms with E-state index in [4.69, 9.17) is 4.74 Å². The standard InChI is InChI=1S/C6H10OS/c1-2-5-3-6(8)4-7-5/h4-5,8H,2-3H2,1H3. The van der Waals surface area contributed by atoms with Crippen molar-refractivity contribution in [3.8, 4) is 0 Å². The van der Waals surface area contributed by atoms with Gasteiger partial charge < -0.3 is 4.74 Å². The molecule has 0 amide bonds. The van der Waals surface area contributed by atoms with Gasteiger partial charge in [0.25, 0.3) is 0 Å². The highest BCUT2D eigenvalue weighted by atomic mass is 32.1. The highest BCUT2D eigenvalue weighted by molar-refractivity contribution is 7.84. The van der Waals surface area contributed by atoms with Crippen molar-refractivity contribution in [2.75, 3.05) is 0 Å². The van der Waals surface area contributed by atoms with Crippen molar-refractivity contribution in [1.29, 1.82) is 0 Å². The van der Waals surface area contributed by atoms with Gasteiger partial charge in [0, 0.05) is 11.3 Å². The minimum atomic E-state index is 0.405. The fourth-order valence-corrected chi connectivity index (χ4v) is 1.01. The van der Waals surface area contributed by atoms with Crippen LogP contribution in [0.3, 0.4) is 0 Å². The van der Waals surface area contributed by atoms with Crippen LogP contribution in [0, 0.1) is 0 Å². The molecule has 8 heavy (non-hydrogen) atoms. The molecule has 0 fully saturated rings. The maximum Gasteiger partial charge on any atom is 0.102 e. The Labute approximate surface area is 55.1 Å². The first-order valence-electron chi connectivity index (χ1n) is 2.86. The molecule has 0 N–H and O–H groups in total. The van der Waals surface area contributed by atoms with Crippen molar-refractivity contribution in [3.05, 3.63) is 11.2 Å². The van der Waals surface area contributed by atoms with Crippen LogP contribution in [0.5, 0.6) is 0 Å². The maximum atomic E-state index is 5.18. The van der Waals surface area contributed by atoms with E-state index in [9.17, 15) is 0 Å². The summed E-state index contributed by atoms with van der Waals surface area (Å²) in [6.45, 7) is 2.12. The summed E-state index contributed by atoms with van der Waals surface area (Å²) in [6, 6.07) is 0. The molecule has 0 saturated heterocycles. The van der Waals surface area contributed by atoms with Crippen LogP contribution in [0.1, 0.15) is 19.8 Å². The lowest BCUT2D eigenvalue weighted by Gasteiger charge is -2.03. The molecule has 1 nitrogen and oxygen atoms in total. The highest BCUT2D eigenvalue weighted by Gasteiger charge is 2.12. The quantitative estimate of drug-likeness (QED) is 0.534. The van der Waals surface area contributed by atoms with Gasteiger partial charge in [0.05, 0.1) is 6.26 Å². The van der Waals surface area contributed by atoms with E-state index < -0.39 is 0 Å². The summed E-state index contributed by atoms with van der Waals surface area (Å²) in [4.78, 5) is 1.07. The molecule has 1 heterocycles. The maximum absolute atomic E-state index is 5.18. The van der Waals surface area contributed by atoms with Crippen LogP contribution in [0.2, 0.25) is 0 Å². The molecule has 0 aromatic carbocycles. The van der Waals surface area contributed by atoms with E-state index in [1.54, 1.807) is 6.26 Å². The van der Waals surface area contributed by atoms with Gasteiger partial charge in [-0.05, 0) is 6.42 Å². The van der Waals surface area contributed by atoms with Crippen LogP contribution in [-0.4, -0.2) is 6.10 Å². The first kappa shape index (κ1) is 6.02. The Hall–Kier alpha value is -0.110. The van der Waals surface area contributed by atoms with Crippen LogP contribution in [0.4, 0.5) is 0 Å². The molecule has 46 valence electrons. The fourth-order valence-electron chi connectivity index (χ4n) is 0.745. The summed E-state index contributed by atoms with van der Waals surface area (Å²) in [5.74, 6) is 0. The molecule has 1 aliphatic heterocycles. The van der Waals surface area contributed by atoms with Gasteiger partial charge in [0.2, 0.25) is 0 Å². The van der Waals surface area contributed by atoms with E-state index in [0.29, 0.717) is 6.10 Å². The van der Waals surface area contributed by atoms with Gasteiger partial charge in [0.15, 0.2) is 0 Å². The lowest BCUT2D eigenvalue weighted by atomic mass is 10.2. The lowest BCUT2D eigenvalue weighted by Crippen LogP contribution is -2.00. The Morgan fingerprint density at radius 2 is 2.75 bits per heavy atom. The van der Waals surface area contributed by atoms with E-state index in [0.717, 1.165) is 17.7 Å². The zero-order valence-corrected chi connectivity index (χ0v) is 5.82. The molecule has 0 bridgehead atoms. The molecule has 0 aliphatic carbocycles. The predicted octanol–water partition coefficient (Wildman–Crippen LogP) is 1.96.